The van der Waals surface area contributed by atoms with Crippen molar-refractivity contribution in [3.8, 4) is 11.1 Å². The quantitative estimate of drug-likeness (QED) is 0.0970. The van der Waals surface area contributed by atoms with Crippen molar-refractivity contribution in [3.05, 3.63) is 88.5 Å². The van der Waals surface area contributed by atoms with Gasteiger partial charge in [0, 0.05) is 11.6 Å². The molecule has 1 atom stereocenters. The zero-order valence-electron chi connectivity index (χ0n) is 19.1. The molecule has 0 spiro atoms. The smallest absolute Gasteiger partial charge is 0.194 e. The maximum Gasteiger partial charge on any atom is 0.194 e. The average Bonchev–Trinajstić information content (AvgIpc) is 3.23. The van der Waals surface area contributed by atoms with Crippen LogP contribution in [0.1, 0.15) is 27.7 Å². The van der Waals surface area contributed by atoms with Gasteiger partial charge in [-0.1, -0.05) is 32.8 Å². The van der Waals surface area contributed by atoms with E-state index in [2.05, 4.69) is 46.9 Å². The summed E-state index contributed by atoms with van der Waals surface area (Å²) in [6, 6.07) is 10.5. The van der Waals surface area contributed by atoms with Gasteiger partial charge in [-0.3, -0.25) is 6.08 Å². The molecule has 0 nitrogen and oxygen atoms in total. The van der Waals surface area contributed by atoms with Crippen molar-refractivity contribution >= 4 is 16.2 Å². The molecule has 0 bridgehead atoms. The molecule has 0 fully saturated rings. The Kier molecular flexibility index (Phi) is 9.53. The van der Waals surface area contributed by atoms with E-state index in [-0.39, 0.29) is 11.0 Å². The van der Waals surface area contributed by atoms with E-state index in [1.165, 1.54) is 22.8 Å². The van der Waals surface area contributed by atoms with E-state index in [9.17, 15) is 17.6 Å². The molecular formula is C26H26F4SiZr. The second-order valence-electron chi connectivity index (χ2n) is 7.98. The minimum Gasteiger partial charge on any atom is -0.207 e. The molecule has 0 saturated heterocycles. The van der Waals surface area contributed by atoms with Crippen LogP contribution in [0.15, 0.2) is 59.2 Å². The van der Waals surface area contributed by atoms with E-state index in [1.807, 2.05) is 0 Å². The fourth-order valence-corrected chi connectivity index (χ4v) is 3.34. The second kappa shape index (κ2) is 11.5. The predicted molar refractivity (Wildman–Crippen MR) is 122 cm³/mol. The van der Waals surface area contributed by atoms with E-state index < -0.39 is 28.8 Å². The molecule has 32 heavy (non-hydrogen) atoms. The van der Waals surface area contributed by atoms with E-state index in [4.69, 9.17) is 0 Å². The van der Waals surface area contributed by atoms with E-state index in [0.29, 0.717) is 17.4 Å². The molecule has 166 valence electrons. The molecule has 0 saturated carbocycles. The Balaban J connectivity index is 0.000000233. The van der Waals surface area contributed by atoms with Gasteiger partial charge >= 0.3 is 41.9 Å². The summed E-state index contributed by atoms with van der Waals surface area (Å²) < 4.78 is 53.7. The molecular weight excluding hydrogens is 508 g/mol. The van der Waals surface area contributed by atoms with Crippen molar-refractivity contribution in [2.24, 2.45) is 5.92 Å². The van der Waals surface area contributed by atoms with E-state index in [0.717, 1.165) is 5.39 Å². The van der Waals surface area contributed by atoms with Gasteiger partial charge in [-0.25, -0.2) is 23.1 Å². The van der Waals surface area contributed by atoms with Gasteiger partial charge in [0.05, 0.1) is 0 Å². The molecule has 0 aromatic heterocycles. The second-order valence-corrected chi connectivity index (χ2v) is 17.4. The van der Waals surface area contributed by atoms with Crippen LogP contribution in [-0.2, 0) is 23.3 Å². The van der Waals surface area contributed by atoms with Crippen LogP contribution in [0, 0.1) is 35.3 Å². The Labute approximate surface area is 202 Å². The van der Waals surface area contributed by atoms with Crippen LogP contribution in [0.3, 0.4) is 0 Å². The van der Waals surface area contributed by atoms with Crippen molar-refractivity contribution in [2.75, 3.05) is 0 Å². The first-order valence-corrected chi connectivity index (χ1v) is 16.4. The fraction of sp³-hybridized carbons (Fsp3) is 0.269. The number of fused-ring (bicyclic) bond motifs is 1. The number of halogens is 4. The number of rotatable bonds is 1. The Bertz CT molecular complexity index is 1200. The first-order chi connectivity index (χ1) is 15.0. The maximum atomic E-state index is 13.8. The van der Waals surface area contributed by atoms with Crippen molar-refractivity contribution in [1.82, 2.24) is 0 Å². The fourth-order valence-electron chi connectivity index (χ4n) is 3.34. The minimum atomic E-state index is -1.67. The maximum absolute atomic E-state index is 13.8. The monoisotopic (exact) mass is 532 g/mol. The predicted octanol–water partition coefficient (Wildman–Crippen LogP) is 8.29. The third kappa shape index (κ3) is 6.23. The van der Waals surface area contributed by atoms with Gasteiger partial charge in [0.2, 0.25) is 0 Å². The van der Waals surface area contributed by atoms with Crippen molar-refractivity contribution < 1.29 is 40.9 Å². The number of hydrogen-bond acceptors (Lipinski definition) is 0. The summed E-state index contributed by atoms with van der Waals surface area (Å²) in [5, 5.41) is 1.37. The minimum absolute atomic E-state index is 0.210. The molecule has 1 aliphatic rings. The summed E-state index contributed by atoms with van der Waals surface area (Å²) in [7, 11) is 0. The van der Waals surface area contributed by atoms with Crippen LogP contribution in [0.4, 0.5) is 17.6 Å². The molecule has 0 amide bonds. The normalized spacial score (nSPS) is 15.1. The van der Waals surface area contributed by atoms with Gasteiger partial charge in [-0.05, 0) is 0 Å². The molecule has 1 unspecified atom stereocenters. The van der Waals surface area contributed by atoms with Crippen molar-refractivity contribution in [2.45, 2.75) is 40.8 Å². The van der Waals surface area contributed by atoms with Gasteiger partial charge in [0.15, 0.2) is 17.5 Å². The Hall–Kier alpha value is -1.65. The van der Waals surface area contributed by atoms with Gasteiger partial charge in [-0.2, -0.15) is 11.1 Å². The van der Waals surface area contributed by atoms with Crippen LogP contribution in [0.25, 0.3) is 21.9 Å². The zero-order valence-corrected chi connectivity index (χ0v) is 22.6. The Morgan fingerprint density at radius 1 is 0.969 bits per heavy atom. The standard InChI is InChI=1S/C15H7F4.C9H13.C2H6Si.Zr/c16-11-7-12(17)14(18)15(19)13(11)10-6-5-8-3-1-2-4-9(8)10;1-6-5-7(2)9(4)8(6)3;1-3-2;/h1-7H;6H,1-4H3;1-2H3;/q2*-1;;+2. The summed E-state index contributed by atoms with van der Waals surface area (Å²) in [4.78, 5) is 0. The molecule has 3 aromatic rings. The largest absolute Gasteiger partial charge is 0.207 e. The van der Waals surface area contributed by atoms with Crippen molar-refractivity contribution in [1.29, 1.82) is 0 Å². The average molecular weight is 534 g/mol. The van der Waals surface area contributed by atoms with Crippen LogP contribution in [0.2, 0.25) is 13.1 Å². The van der Waals surface area contributed by atoms with Gasteiger partial charge in [0.25, 0.3) is 0 Å². The summed E-state index contributed by atoms with van der Waals surface area (Å²) in [5.41, 5.74) is 4.13. The van der Waals surface area contributed by atoms with E-state index in [1.54, 1.807) is 53.7 Å². The van der Waals surface area contributed by atoms with Crippen LogP contribution >= 0.6 is 0 Å². The van der Waals surface area contributed by atoms with Crippen molar-refractivity contribution in [3.63, 3.8) is 0 Å². The summed E-state index contributed by atoms with van der Waals surface area (Å²) in [6.07, 6.45) is 3.36. The molecule has 0 radical (unpaired) electrons. The Morgan fingerprint density at radius 2 is 1.56 bits per heavy atom. The molecule has 0 heterocycles. The van der Waals surface area contributed by atoms with Crippen LogP contribution in [0.5, 0.6) is 0 Å². The van der Waals surface area contributed by atoms with Crippen LogP contribution < -0.4 is 0 Å². The van der Waals surface area contributed by atoms with E-state index >= 15 is 0 Å². The van der Waals surface area contributed by atoms with Gasteiger partial charge < -0.3 is 0 Å². The summed E-state index contributed by atoms with van der Waals surface area (Å²) >= 11 is 1.74. The Morgan fingerprint density at radius 3 is 2.06 bits per heavy atom. The molecule has 0 aliphatic heterocycles. The molecule has 3 aromatic carbocycles. The van der Waals surface area contributed by atoms with Crippen LogP contribution in [-0.4, -0.2) is 5.43 Å². The summed E-state index contributed by atoms with van der Waals surface area (Å²) in [6.45, 7) is 13.3. The van der Waals surface area contributed by atoms with Gasteiger partial charge in [0.1, 0.15) is 5.82 Å². The third-order valence-corrected chi connectivity index (χ3v) is 5.30. The number of benzene rings is 2. The molecule has 1 aliphatic carbocycles. The molecule has 6 heteroatoms. The number of allylic oxidation sites excluding steroid dienone is 4. The van der Waals surface area contributed by atoms with Gasteiger partial charge in [-0.15, -0.1) is 53.6 Å². The first-order valence-electron chi connectivity index (χ1n) is 10.2. The molecule has 4 rings (SSSR count). The topological polar surface area (TPSA) is 0 Å². The first kappa shape index (κ1) is 26.6. The summed E-state index contributed by atoms with van der Waals surface area (Å²) in [5.74, 6) is -5.26. The SMILES string of the molecule is CC1=[C-]C(C)C(C)=C1C.C[Si](C)=[Zr+2].Fc1cc(F)c(-c2c[cH-]c3ccccc23)c(F)c1F. The number of hydrogen-bond donors (Lipinski definition) is 0. The third-order valence-electron chi connectivity index (χ3n) is 5.30. The zero-order chi connectivity index (χ0) is 24.2. The molecule has 0 N–H and O–H groups in total.